The van der Waals surface area contributed by atoms with Crippen LogP contribution in [0.3, 0.4) is 0 Å². The number of fused-ring (bicyclic) bond motifs is 1. The van der Waals surface area contributed by atoms with E-state index in [1.807, 2.05) is 0 Å². The van der Waals surface area contributed by atoms with Gasteiger partial charge < -0.3 is 9.47 Å². The summed E-state index contributed by atoms with van der Waals surface area (Å²) in [6, 6.07) is 4.16. The Morgan fingerprint density at radius 3 is 2.31 bits per heavy atom. The van der Waals surface area contributed by atoms with Crippen LogP contribution >= 0.6 is 0 Å². The van der Waals surface area contributed by atoms with Gasteiger partial charge >= 0.3 is 0 Å². The zero-order chi connectivity index (χ0) is 9.42. The molecule has 2 heteroatoms. The molecule has 1 aromatic carbocycles. The van der Waals surface area contributed by atoms with E-state index in [1.54, 1.807) is 14.2 Å². The molecular weight excluding hydrogens is 164 g/mol. The van der Waals surface area contributed by atoms with Gasteiger partial charge in [0.2, 0.25) is 0 Å². The summed E-state index contributed by atoms with van der Waals surface area (Å²) in [5.41, 5.74) is 2.79. The van der Waals surface area contributed by atoms with E-state index in [-0.39, 0.29) is 0 Å². The highest BCUT2D eigenvalue weighted by Gasteiger charge is 2.24. The summed E-state index contributed by atoms with van der Waals surface area (Å²) in [5.74, 6) is 2.36. The topological polar surface area (TPSA) is 18.5 Å². The monoisotopic (exact) mass is 178 g/mol. The largest absolute Gasteiger partial charge is 0.493 e. The van der Waals surface area contributed by atoms with Crippen LogP contribution in [0.2, 0.25) is 0 Å². The maximum atomic E-state index is 5.23. The van der Waals surface area contributed by atoms with E-state index in [9.17, 15) is 0 Å². The third-order valence-corrected chi connectivity index (χ3v) is 2.70. The van der Waals surface area contributed by atoms with Crippen molar-refractivity contribution in [1.29, 1.82) is 0 Å². The molecule has 1 aromatic rings. The summed E-state index contributed by atoms with van der Waals surface area (Å²) in [6.45, 7) is 2.23. The van der Waals surface area contributed by atoms with Crippen LogP contribution in [0.25, 0.3) is 0 Å². The van der Waals surface area contributed by atoms with Crippen molar-refractivity contribution in [2.24, 2.45) is 0 Å². The smallest absolute Gasteiger partial charge is 0.161 e. The van der Waals surface area contributed by atoms with Crippen LogP contribution in [-0.4, -0.2) is 14.2 Å². The molecule has 0 saturated carbocycles. The third-order valence-electron chi connectivity index (χ3n) is 2.70. The Morgan fingerprint density at radius 2 is 1.77 bits per heavy atom. The Balaban J connectivity index is 2.45. The number of ether oxygens (including phenoxy) is 2. The molecule has 0 spiro atoms. The molecule has 1 aliphatic carbocycles. The van der Waals surface area contributed by atoms with Gasteiger partial charge in [0.1, 0.15) is 0 Å². The van der Waals surface area contributed by atoms with Crippen LogP contribution in [0.1, 0.15) is 24.0 Å². The number of rotatable bonds is 2. The van der Waals surface area contributed by atoms with E-state index < -0.39 is 0 Å². The molecule has 0 N–H and O–H groups in total. The summed E-state index contributed by atoms with van der Waals surface area (Å²) < 4.78 is 10.4. The van der Waals surface area contributed by atoms with Crippen LogP contribution in [0.5, 0.6) is 11.5 Å². The number of methoxy groups -OCH3 is 2. The first kappa shape index (κ1) is 8.42. The molecule has 0 radical (unpaired) electrons. The molecule has 1 atom stereocenters. The lowest BCUT2D eigenvalue weighted by Crippen LogP contribution is -2.14. The van der Waals surface area contributed by atoms with Gasteiger partial charge in [0, 0.05) is 0 Å². The molecule has 0 fully saturated rings. The van der Waals surface area contributed by atoms with Crippen molar-refractivity contribution in [3.05, 3.63) is 23.3 Å². The average molecular weight is 178 g/mol. The first-order valence-corrected chi connectivity index (χ1v) is 4.51. The van der Waals surface area contributed by atoms with E-state index in [4.69, 9.17) is 9.47 Å². The highest BCUT2D eigenvalue weighted by atomic mass is 16.5. The molecule has 0 heterocycles. The highest BCUT2D eigenvalue weighted by molar-refractivity contribution is 5.52. The van der Waals surface area contributed by atoms with Crippen molar-refractivity contribution in [1.82, 2.24) is 0 Å². The molecule has 0 amide bonds. The molecule has 0 aromatic heterocycles. The normalized spacial score (nSPS) is 18.8. The van der Waals surface area contributed by atoms with Crippen molar-refractivity contribution in [3.63, 3.8) is 0 Å². The molecule has 2 rings (SSSR count). The predicted molar refractivity (Wildman–Crippen MR) is 51.7 cm³/mol. The standard InChI is InChI=1S/C11H14O2/c1-7-4-8-5-10(12-2)11(13-3)6-9(7)8/h5-7H,4H2,1-3H3/t7-/m0/s1. The predicted octanol–water partition coefficient (Wildman–Crippen LogP) is 2.36. The van der Waals surface area contributed by atoms with Crippen LogP contribution in [0, 0.1) is 0 Å². The van der Waals surface area contributed by atoms with E-state index in [0.717, 1.165) is 17.9 Å². The first-order valence-electron chi connectivity index (χ1n) is 4.51. The Hall–Kier alpha value is -1.18. The fraction of sp³-hybridized carbons (Fsp3) is 0.455. The minimum Gasteiger partial charge on any atom is -0.493 e. The summed E-state index contributed by atoms with van der Waals surface area (Å²) in [6.07, 6.45) is 1.16. The van der Waals surface area contributed by atoms with Crippen LogP contribution in [0.15, 0.2) is 12.1 Å². The van der Waals surface area contributed by atoms with E-state index in [2.05, 4.69) is 19.1 Å². The molecule has 0 bridgehead atoms. The van der Waals surface area contributed by atoms with E-state index >= 15 is 0 Å². The lowest BCUT2D eigenvalue weighted by molar-refractivity contribution is 0.352. The minimum atomic E-state index is 0.676. The van der Waals surface area contributed by atoms with Crippen molar-refractivity contribution in [2.45, 2.75) is 19.3 Å². The van der Waals surface area contributed by atoms with Gasteiger partial charge in [0.05, 0.1) is 14.2 Å². The fourth-order valence-electron chi connectivity index (χ4n) is 1.88. The highest BCUT2D eigenvalue weighted by Crippen LogP contribution is 2.41. The van der Waals surface area contributed by atoms with Gasteiger partial charge in [-0.2, -0.15) is 0 Å². The summed E-state index contributed by atoms with van der Waals surface area (Å²) >= 11 is 0. The second kappa shape index (κ2) is 2.95. The minimum absolute atomic E-state index is 0.676. The molecule has 13 heavy (non-hydrogen) atoms. The molecule has 0 aliphatic heterocycles. The van der Waals surface area contributed by atoms with E-state index in [1.165, 1.54) is 11.1 Å². The van der Waals surface area contributed by atoms with Gasteiger partial charge in [-0.15, -0.1) is 0 Å². The Morgan fingerprint density at radius 1 is 1.15 bits per heavy atom. The Bertz CT molecular complexity index is 331. The summed E-state index contributed by atoms with van der Waals surface area (Å²) in [7, 11) is 3.35. The van der Waals surface area contributed by atoms with Crippen molar-refractivity contribution >= 4 is 0 Å². The lowest BCUT2D eigenvalue weighted by Gasteiger charge is -2.28. The number of hydrogen-bond acceptors (Lipinski definition) is 2. The quantitative estimate of drug-likeness (QED) is 0.692. The van der Waals surface area contributed by atoms with Gasteiger partial charge in [0.15, 0.2) is 11.5 Å². The molecule has 0 unspecified atom stereocenters. The van der Waals surface area contributed by atoms with Gasteiger partial charge in [-0.25, -0.2) is 0 Å². The zero-order valence-electron chi connectivity index (χ0n) is 8.26. The second-order valence-electron chi connectivity index (χ2n) is 3.51. The van der Waals surface area contributed by atoms with Crippen LogP contribution in [0.4, 0.5) is 0 Å². The van der Waals surface area contributed by atoms with Crippen LogP contribution in [-0.2, 0) is 6.42 Å². The molecule has 1 aliphatic rings. The van der Waals surface area contributed by atoms with Gasteiger partial charge in [-0.05, 0) is 35.6 Å². The maximum Gasteiger partial charge on any atom is 0.161 e. The van der Waals surface area contributed by atoms with Gasteiger partial charge in [-0.3, -0.25) is 0 Å². The zero-order valence-corrected chi connectivity index (χ0v) is 8.26. The molecular formula is C11H14O2. The van der Waals surface area contributed by atoms with Crippen LogP contribution < -0.4 is 9.47 Å². The SMILES string of the molecule is COc1cc2c(cc1OC)[C@@H](C)C2. The molecule has 70 valence electrons. The summed E-state index contributed by atoms with van der Waals surface area (Å²) in [4.78, 5) is 0. The van der Waals surface area contributed by atoms with Gasteiger partial charge in [0.25, 0.3) is 0 Å². The third kappa shape index (κ3) is 1.17. The second-order valence-corrected chi connectivity index (χ2v) is 3.51. The van der Waals surface area contributed by atoms with E-state index in [0.29, 0.717) is 5.92 Å². The lowest BCUT2D eigenvalue weighted by atomic mass is 9.78. The Labute approximate surface area is 78.5 Å². The summed E-state index contributed by atoms with van der Waals surface area (Å²) in [5, 5.41) is 0. The van der Waals surface area contributed by atoms with Gasteiger partial charge in [-0.1, -0.05) is 6.92 Å². The number of benzene rings is 1. The fourth-order valence-corrected chi connectivity index (χ4v) is 1.88. The Kier molecular flexibility index (Phi) is 1.91. The van der Waals surface area contributed by atoms with Crippen molar-refractivity contribution < 1.29 is 9.47 Å². The molecule has 0 saturated heterocycles. The average Bonchev–Trinajstić information content (AvgIpc) is 2.15. The number of hydrogen-bond donors (Lipinski definition) is 0. The maximum absolute atomic E-state index is 5.23. The first-order chi connectivity index (χ1) is 6.26. The molecule has 2 nitrogen and oxygen atoms in total. The van der Waals surface area contributed by atoms with Crippen molar-refractivity contribution in [2.75, 3.05) is 14.2 Å². The van der Waals surface area contributed by atoms with Crippen molar-refractivity contribution in [3.8, 4) is 11.5 Å².